The Hall–Kier alpha value is -2.02. The number of nitrogens with zero attached hydrogens (tertiary/aromatic N) is 2. The SMILES string of the molecule is CCn1cccc1C=C(C#N)C(=O)O. The van der Waals surface area contributed by atoms with Gasteiger partial charge in [-0.05, 0) is 25.1 Å². The first-order valence-electron chi connectivity index (χ1n) is 4.19. The van der Waals surface area contributed by atoms with Gasteiger partial charge in [0.1, 0.15) is 11.6 Å². The first kappa shape index (κ1) is 10.1. The van der Waals surface area contributed by atoms with Crippen LogP contribution in [0.15, 0.2) is 23.9 Å². The molecule has 0 fully saturated rings. The van der Waals surface area contributed by atoms with Crippen LogP contribution < -0.4 is 0 Å². The van der Waals surface area contributed by atoms with E-state index in [-0.39, 0.29) is 5.57 Å². The summed E-state index contributed by atoms with van der Waals surface area (Å²) >= 11 is 0. The Labute approximate surface area is 81.7 Å². The molecule has 0 amide bonds. The molecule has 0 saturated carbocycles. The van der Waals surface area contributed by atoms with E-state index >= 15 is 0 Å². The zero-order valence-corrected chi connectivity index (χ0v) is 7.77. The summed E-state index contributed by atoms with van der Waals surface area (Å²) in [6.07, 6.45) is 3.20. The van der Waals surface area contributed by atoms with Crippen molar-refractivity contribution in [3.63, 3.8) is 0 Å². The number of carboxylic acid groups (broad SMARTS) is 1. The van der Waals surface area contributed by atoms with Crippen molar-refractivity contribution in [1.29, 1.82) is 5.26 Å². The van der Waals surface area contributed by atoms with Gasteiger partial charge in [0.2, 0.25) is 0 Å². The van der Waals surface area contributed by atoms with Gasteiger partial charge in [-0.3, -0.25) is 0 Å². The molecule has 0 radical (unpaired) electrons. The van der Waals surface area contributed by atoms with Crippen LogP contribution in [0.3, 0.4) is 0 Å². The first-order valence-corrected chi connectivity index (χ1v) is 4.19. The Morgan fingerprint density at radius 3 is 3.00 bits per heavy atom. The fourth-order valence-corrected chi connectivity index (χ4v) is 1.14. The summed E-state index contributed by atoms with van der Waals surface area (Å²) in [5.41, 5.74) is 0.477. The molecule has 0 aliphatic heterocycles. The predicted octanol–water partition coefficient (Wildman–Crippen LogP) is 1.50. The van der Waals surface area contributed by atoms with Gasteiger partial charge in [-0.2, -0.15) is 5.26 Å². The number of aryl methyl sites for hydroxylation is 1. The maximum Gasteiger partial charge on any atom is 0.346 e. The molecule has 0 unspecified atom stereocenters. The van der Waals surface area contributed by atoms with E-state index in [2.05, 4.69) is 0 Å². The van der Waals surface area contributed by atoms with Crippen molar-refractivity contribution in [2.24, 2.45) is 0 Å². The molecular formula is C10H10N2O2. The van der Waals surface area contributed by atoms with Gasteiger partial charge in [0.15, 0.2) is 0 Å². The lowest BCUT2D eigenvalue weighted by atomic mass is 10.2. The normalized spacial score (nSPS) is 11.0. The second kappa shape index (κ2) is 4.28. The number of hydrogen-bond donors (Lipinski definition) is 1. The number of carboxylic acids is 1. The first-order chi connectivity index (χ1) is 6.69. The quantitative estimate of drug-likeness (QED) is 0.580. The molecule has 72 valence electrons. The Balaban J connectivity index is 3.07. The highest BCUT2D eigenvalue weighted by Gasteiger charge is 2.06. The van der Waals surface area contributed by atoms with Gasteiger partial charge in [-0.15, -0.1) is 0 Å². The van der Waals surface area contributed by atoms with Gasteiger partial charge in [-0.1, -0.05) is 0 Å². The van der Waals surface area contributed by atoms with E-state index in [0.29, 0.717) is 0 Å². The van der Waals surface area contributed by atoms with Crippen LogP contribution in [-0.2, 0) is 11.3 Å². The Bertz CT molecular complexity index is 410. The van der Waals surface area contributed by atoms with Gasteiger partial charge in [0, 0.05) is 18.4 Å². The highest BCUT2D eigenvalue weighted by atomic mass is 16.4. The number of aromatic nitrogens is 1. The molecule has 0 aromatic carbocycles. The number of aliphatic carboxylic acids is 1. The fourth-order valence-electron chi connectivity index (χ4n) is 1.14. The van der Waals surface area contributed by atoms with Crippen molar-refractivity contribution in [2.75, 3.05) is 0 Å². The van der Waals surface area contributed by atoms with Gasteiger partial charge in [0.25, 0.3) is 0 Å². The minimum Gasteiger partial charge on any atom is -0.477 e. The van der Waals surface area contributed by atoms with Crippen molar-refractivity contribution in [3.05, 3.63) is 29.6 Å². The van der Waals surface area contributed by atoms with Crippen molar-refractivity contribution >= 4 is 12.0 Å². The van der Waals surface area contributed by atoms with Crippen molar-refractivity contribution < 1.29 is 9.90 Å². The van der Waals surface area contributed by atoms with Crippen LogP contribution in [0.2, 0.25) is 0 Å². The number of nitriles is 1. The number of carbonyl (C=O) groups is 1. The lowest BCUT2D eigenvalue weighted by molar-refractivity contribution is -0.132. The fraction of sp³-hybridized carbons (Fsp3) is 0.200. The molecule has 4 heteroatoms. The van der Waals surface area contributed by atoms with Crippen molar-refractivity contribution in [1.82, 2.24) is 4.57 Å². The lowest BCUT2D eigenvalue weighted by Gasteiger charge is -2.00. The van der Waals surface area contributed by atoms with Gasteiger partial charge >= 0.3 is 5.97 Å². The van der Waals surface area contributed by atoms with Gasteiger partial charge < -0.3 is 9.67 Å². The smallest absolute Gasteiger partial charge is 0.346 e. The zero-order chi connectivity index (χ0) is 10.6. The lowest BCUT2D eigenvalue weighted by Crippen LogP contribution is -2.00. The van der Waals surface area contributed by atoms with Crippen LogP contribution >= 0.6 is 0 Å². The van der Waals surface area contributed by atoms with E-state index in [1.54, 1.807) is 12.1 Å². The minimum absolute atomic E-state index is 0.251. The highest BCUT2D eigenvalue weighted by molar-refractivity contribution is 5.96. The van der Waals surface area contributed by atoms with E-state index in [0.717, 1.165) is 12.2 Å². The second-order valence-corrected chi connectivity index (χ2v) is 2.69. The molecule has 0 spiro atoms. The molecule has 0 atom stereocenters. The van der Waals surface area contributed by atoms with E-state index in [1.807, 2.05) is 23.8 Å². The molecule has 0 bridgehead atoms. The second-order valence-electron chi connectivity index (χ2n) is 2.69. The van der Waals surface area contributed by atoms with Crippen LogP contribution in [0.25, 0.3) is 6.08 Å². The van der Waals surface area contributed by atoms with E-state index in [9.17, 15) is 4.79 Å². The van der Waals surface area contributed by atoms with Crippen LogP contribution in [0, 0.1) is 11.3 Å². The molecule has 0 saturated heterocycles. The van der Waals surface area contributed by atoms with Crippen LogP contribution in [0.4, 0.5) is 0 Å². The number of rotatable bonds is 3. The number of hydrogen-bond acceptors (Lipinski definition) is 2. The molecule has 1 aromatic heterocycles. The minimum atomic E-state index is -1.20. The Kier molecular flexibility index (Phi) is 3.08. The summed E-state index contributed by atoms with van der Waals surface area (Å²) in [7, 11) is 0. The highest BCUT2D eigenvalue weighted by Crippen LogP contribution is 2.08. The molecular weight excluding hydrogens is 180 g/mol. The average molecular weight is 190 g/mol. The largest absolute Gasteiger partial charge is 0.477 e. The molecule has 0 aliphatic carbocycles. The third kappa shape index (κ3) is 2.02. The Morgan fingerprint density at radius 2 is 2.50 bits per heavy atom. The predicted molar refractivity (Wildman–Crippen MR) is 51.3 cm³/mol. The van der Waals surface area contributed by atoms with Crippen molar-refractivity contribution in [2.45, 2.75) is 13.5 Å². The monoisotopic (exact) mass is 190 g/mol. The van der Waals surface area contributed by atoms with E-state index < -0.39 is 5.97 Å². The molecule has 14 heavy (non-hydrogen) atoms. The maximum atomic E-state index is 10.6. The molecule has 1 aromatic rings. The average Bonchev–Trinajstić information content (AvgIpc) is 2.60. The van der Waals surface area contributed by atoms with E-state index in [1.165, 1.54) is 6.08 Å². The van der Waals surface area contributed by atoms with Crippen LogP contribution in [0.5, 0.6) is 0 Å². The third-order valence-electron chi connectivity index (χ3n) is 1.85. The van der Waals surface area contributed by atoms with Crippen molar-refractivity contribution in [3.8, 4) is 6.07 Å². The summed E-state index contributed by atoms with van der Waals surface area (Å²) in [6, 6.07) is 5.22. The standard InChI is InChI=1S/C10H10N2O2/c1-2-12-5-3-4-9(12)6-8(7-11)10(13)14/h3-6H,2H2,1H3,(H,13,14). The summed E-state index contributed by atoms with van der Waals surface area (Å²) < 4.78 is 1.86. The third-order valence-corrected chi connectivity index (χ3v) is 1.85. The van der Waals surface area contributed by atoms with Gasteiger partial charge in [-0.25, -0.2) is 4.79 Å². The summed E-state index contributed by atoms with van der Waals surface area (Å²) in [5.74, 6) is -1.20. The Morgan fingerprint density at radius 1 is 1.79 bits per heavy atom. The topological polar surface area (TPSA) is 66.0 Å². The van der Waals surface area contributed by atoms with Gasteiger partial charge in [0.05, 0.1) is 0 Å². The summed E-state index contributed by atoms with van der Waals surface area (Å²) in [4.78, 5) is 10.6. The van der Waals surface area contributed by atoms with Crippen LogP contribution in [0.1, 0.15) is 12.6 Å². The molecule has 4 nitrogen and oxygen atoms in total. The molecule has 1 heterocycles. The molecule has 0 aliphatic rings. The maximum absolute atomic E-state index is 10.6. The molecule has 1 N–H and O–H groups in total. The van der Waals surface area contributed by atoms with Crippen LogP contribution in [-0.4, -0.2) is 15.6 Å². The zero-order valence-electron chi connectivity index (χ0n) is 7.77. The molecule has 1 rings (SSSR count). The van der Waals surface area contributed by atoms with E-state index in [4.69, 9.17) is 10.4 Å². The summed E-state index contributed by atoms with van der Waals surface area (Å²) in [5, 5.41) is 17.2. The summed E-state index contributed by atoms with van der Waals surface area (Å²) in [6.45, 7) is 2.70.